The molecule has 0 amide bonds. The van der Waals surface area contributed by atoms with Gasteiger partial charge < -0.3 is 4.74 Å². The summed E-state index contributed by atoms with van der Waals surface area (Å²) in [6.07, 6.45) is 0.636. The van der Waals surface area contributed by atoms with Gasteiger partial charge in [-0.05, 0) is 13.0 Å². The predicted molar refractivity (Wildman–Crippen MR) is 88.0 cm³/mol. The molecule has 1 aromatic carbocycles. The summed E-state index contributed by atoms with van der Waals surface area (Å²) in [6.45, 7) is 1.73. The van der Waals surface area contributed by atoms with Crippen LogP contribution in [0.1, 0.15) is 16.2 Å². The lowest BCUT2D eigenvalue weighted by atomic mass is 10.2. The Morgan fingerprint density at radius 1 is 1.30 bits per heavy atom. The lowest BCUT2D eigenvalue weighted by Gasteiger charge is -2.14. The Balaban J connectivity index is 2.57. The summed E-state index contributed by atoms with van der Waals surface area (Å²) < 4.78 is 8.11. The highest BCUT2D eigenvalue weighted by Crippen LogP contribution is 2.34. The molecule has 0 atom stereocenters. The van der Waals surface area contributed by atoms with Gasteiger partial charge in [0, 0.05) is 12.4 Å². The van der Waals surface area contributed by atoms with E-state index in [2.05, 4.69) is 5.10 Å². The maximum Gasteiger partial charge on any atom is 0.294 e. The number of nitrogens with zero attached hydrogens (tertiary/aromatic N) is 3. The number of hydrogen-bond acceptors (Lipinski definition) is 4. The number of carbonyl (C=O) groups is 1. The number of para-hydroxylation sites is 1. The molecule has 2 aromatic heterocycles. The van der Waals surface area contributed by atoms with Crippen molar-refractivity contribution in [1.82, 2.24) is 14.3 Å². The predicted octanol–water partition coefficient (Wildman–Crippen LogP) is 2.51. The molecule has 0 saturated heterocycles. The highest BCUT2D eigenvalue weighted by atomic mass is 35.5. The first-order chi connectivity index (χ1) is 11.0. The SMILES string of the molecule is COc1c(C)nn(C)c(=O)c1-n1c(C=O)c(Cl)c2ccccc21. The van der Waals surface area contributed by atoms with Crippen LogP contribution >= 0.6 is 11.6 Å². The minimum Gasteiger partial charge on any atom is -0.492 e. The molecule has 2 heterocycles. The topological polar surface area (TPSA) is 66.1 Å². The zero-order valence-corrected chi connectivity index (χ0v) is 13.6. The first-order valence-electron chi connectivity index (χ1n) is 6.87. The van der Waals surface area contributed by atoms with Gasteiger partial charge in [0.05, 0.1) is 17.6 Å². The number of fused-ring (bicyclic) bond motifs is 1. The molecule has 118 valence electrons. The van der Waals surface area contributed by atoms with E-state index in [-0.39, 0.29) is 16.9 Å². The zero-order valence-electron chi connectivity index (χ0n) is 12.8. The number of aromatic nitrogens is 3. The smallest absolute Gasteiger partial charge is 0.294 e. The Bertz CT molecular complexity index is 988. The van der Waals surface area contributed by atoms with Crippen LogP contribution in [-0.4, -0.2) is 27.7 Å². The number of ether oxygens (including phenoxy) is 1. The molecule has 0 aliphatic carbocycles. The van der Waals surface area contributed by atoms with Gasteiger partial charge in [0.2, 0.25) is 0 Å². The van der Waals surface area contributed by atoms with Crippen LogP contribution in [0.4, 0.5) is 0 Å². The average molecular weight is 332 g/mol. The van der Waals surface area contributed by atoms with Crippen LogP contribution in [0.3, 0.4) is 0 Å². The molecule has 0 spiro atoms. The second kappa shape index (κ2) is 5.55. The highest BCUT2D eigenvalue weighted by molar-refractivity contribution is 6.38. The number of aldehydes is 1. The van der Waals surface area contributed by atoms with Crippen LogP contribution in [0.25, 0.3) is 16.6 Å². The Kier molecular flexibility index (Phi) is 3.69. The number of aryl methyl sites for hydroxylation is 2. The number of methoxy groups -OCH3 is 1. The van der Waals surface area contributed by atoms with Crippen molar-refractivity contribution >= 4 is 28.8 Å². The Labute approximate surface area is 136 Å². The Morgan fingerprint density at radius 2 is 2.00 bits per heavy atom. The maximum absolute atomic E-state index is 12.7. The van der Waals surface area contributed by atoms with Crippen LogP contribution in [0.2, 0.25) is 5.02 Å². The molecular weight excluding hydrogens is 318 g/mol. The fourth-order valence-electron chi connectivity index (χ4n) is 2.74. The summed E-state index contributed by atoms with van der Waals surface area (Å²) in [4.78, 5) is 24.3. The van der Waals surface area contributed by atoms with Gasteiger partial charge in [-0.2, -0.15) is 5.10 Å². The van der Waals surface area contributed by atoms with E-state index in [1.165, 1.54) is 16.4 Å². The Hall–Kier alpha value is -2.60. The van der Waals surface area contributed by atoms with Gasteiger partial charge in [-0.25, -0.2) is 4.68 Å². The van der Waals surface area contributed by atoms with E-state index in [0.717, 1.165) is 0 Å². The third kappa shape index (κ3) is 2.14. The number of rotatable bonds is 3. The van der Waals surface area contributed by atoms with Crippen LogP contribution in [0, 0.1) is 6.92 Å². The summed E-state index contributed by atoms with van der Waals surface area (Å²) >= 11 is 6.32. The molecule has 0 fully saturated rings. The molecule has 0 radical (unpaired) electrons. The first-order valence-corrected chi connectivity index (χ1v) is 7.25. The van der Waals surface area contributed by atoms with Crippen molar-refractivity contribution in [3.8, 4) is 11.4 Å². The van der Waals surface area contributed by atoms with Crippen molar-refractivity contribution < 1.29 is 9.53 Å². The van der Waals surface area contributed by atoms with Crippen molar-refractivity contribution in [3.05, 3.63) is 51.0 Å². The van der Waals surface area contributed by atoms with E-state index in [1.54, 1.807) is 26.1 Å². The van der Waals surface area contributed by atoms with Gasteiger partial charge in [-0.3, -0.25) is 14.2 Å². The van der Waals surface area contributed by atoms with Gasteiger partial charge in [-0.1, -0.05) is 29.8 Å². The highest BCUT2D eigenvalue weighted by Gasteiger charge is 2.23. The zero-order chi connectivity index (χ0) is 16.7. The molecule has 0 unspecified atom stereocenters. The summed E-state index contributed by atoms with van der Waals surface area (Å²) in [6, 6.07) is 7.23. The number of benzene rings is 1. The number of hydrogen-bond donors (Lipinski definition) is 0. The van der Waals surface area contributed by atoms with Crippen LogP contribution in [-0.2, 0) is 7.05 Å². The van der Waals surface area contributed by atoms with Crippen molar-refractivity contribution in [2.45, 2.75) is 6.92 Å². The van der Waals surface area contributed by atoms with Gasteiger partial charge in [-0.15, -0.1) is 0 Å². The van der Waals surface area contributed by atoms with E-state index < -0.39 is 0 Å². The van der Waals surface area contributed by atoms with Crippen molar-refractivity contribution in [2.75, 3.05) is 7.11 Å². The van der Waals surface area contributed by atoms with Gasteiger partial charge in [0.25, 0.3) is 5.56 Å². The van der Waals surface area contributed by atoms with E-state index in [4.69, 9.17) is 16.3 Å². The fourth-order valence-corrected chi connectivity index (χ4v) is 3.03. The third-order valence-corrected chi connectivity index (χ3v) is 4.12. The standard InChI is InChI=1S/C16H14ClN3O3/c1-9-15(23-3)14(16(22)19(2)18-9)20-11-7-5-4-6-10(11)13(17)12(20)8-21/h4-8H,1-3H3. The second-order valence-electron chi connectivity index (χ2n) is 5.07. The van der Waals surface area contributed by atoms with Crippen molar-refractivity contribution in [1.29, 1.82) is 0 Å². The molecule has 23 heavy (non-hydrogen) atoms. The summed E-state index contributed by atoms with van der Waals surface area (Å²) in [5.41, 5.74) is 1.23. The van der Waals surface area contributed by atoms with E-state index >= 15 is 0 Å². The van der Waals surface area contributed by atoms with E-state index in [9.17, 15) is 9.59 Å². The molecular formula is C16H14ClN3O3. The lowest BCUT2D eigenvalue weighted by molar-refractivity contribution is 0.111. The third-order valence-electron chi connectivity index (χ3n) is 3.73. The van der Waals surface area contributed by atoms with Crippen molar-refractivity contribution in [2.24, 2.45) is 7.05 Å². The molecule has 3 rings (SSSR count). The molecule has 0 aliphatic heterocycles. The normalized spacial score (nSPS) is 11.0. The molecule has 0 aliphatic rings. The summed E-state index contributed by atoms with van der Waals surface area (Å²) in [5.74, 6) is 0.314. The van der Waals surface area contributed by atoms with E-state index in [0.29, 0.717) is 33.7 Å². The number of halogens is 1. The fraction of sp³-hybridized carbons (Fsp3) is 0.188. The first kappa shape index (κ1) is 15.3. The largest absolute Gasteiger partial charge is 0.492 e. The lowest BCUT2D eigenvalue weighted by Crippen LogP contribution is -2.26. The minimum atomic E-state index is -0.382. The van der Waals surface area contributed by atoms with E-state index in [1.807, 2.05) is 12.1 Å². The average Bonchev–Trinajstić information content (AvgIpc) is 2.83. The second-order valence-corrected chi connectivity index (χ2v) is 5.44. The van der Waals surface area contributed by atoms with Crippen molar-refractivity contribution in [3.63, 3.8) is 0 Å². The van der Waals surface area contributed by atoms with Gasteiger partial charge >= 0.3 is 0 Å². The molecule has 3 aromatic rings. The van der Waals surface area contributed by atoms with Crippen LogP contribution in [0.5, 0.6) is 5.75 Å². The molecule has 0 saturated carbocycles. The molecule has 0 bridgehead atoms. The van der Waals surface area contributed by atoms with Crippen LogP contribution < -0.4 is 10.3 Å². The van der Waals surface area contributed by atoms with Gasteiger partial charge in [0.15, 0.2) is 17.7 Å². The maximum atomic E-state index is 12.7. The quantitative estimate of drug-likeness (QED) is 0.692. The molecule has 6 nitrogen and oxygen atoms in total. The monoisotopic (exact) mass is 331 g/mol. The van der Waals surface area contributed by atoms with Crippen LogP contribution in [0.15, 0.2) is 29.1 Å². The van der Waals surface area contributed by atoms with Gasteiger partial charge in [0.1, 0.15) is 11.4 Å². The number of carbonyl (C=O) groups excluding carboxylic acids is 1. The Morgan fingerprint density at radius 3 is 2.65 bits per heavy atom. The molecule has 7 heteroatoms. The minimum absolute atomic E-state index is 0.203. The molecule has 0 N–H and O–H groups in total. The summed E-state index contributed by atoms with van der Waals surface area (Å²) in [7, 11) is 3.01. The summed E-state index contributed by atoms with van der Waals surface area (Å²) in [5, 5.41) is 5.11.